The summed E-state index contributed by atoms with van der Waals surface area (Å²) >= 11 is 0. The minimum absolute atomic E-state index is 0.255. The molecule has 2 aromatic rings. The molecule has 0 spiro atoms. The van der Waals surface area contributed by atoms with Crippen LogP contribution in [-0.4, -0.2) is 41.5 Å². The Morgan fingerprint density at radius 1 is 0.900 bits per heavy atom. The molecule has 6 nitrogen and oxygen atoms in total. The van der Waals surface area contributed by atoms with Crippen molar-refractivity contribution in [1.82, 2.24) is 4.90 Å². The second-order valence-corrected chi connectivity index (χ2v) is 6.75. The lowest BCUT2D eigenvalue weighted by Gasteiger charge is -2.53. The van der Waals surface area contributed by atoms with Gasteiger partial charge in [-0.15, -0.1) is 0 Å². The zero-order valence-corrected chi connectivity index (χ0v) is 18.0. The third-order valence-corrected chi connectivity index (χ3v) is 4.71. The molecular formula is C24H29NO5. The number of hydrogen-bond acceptors (Lipinski definition) is 5. The van der Waals surface area contributed by atoms with E-state index >= 15 is 0 Å². The van der Waals surface area contributed by atoms with Crippen LogP contribution in [0.5, 0.6) is 0 Å². The number of rotatable bonds is 7. The molecule has 1 unspecified atom stereocenters. The van der Waals surface area contributed by atoms with Crippen LogP contribution in [0.3, 0.4) is 0 Å². The van der Waals surface area contributed by atoms with Gasteiger partial charge in [0.25, 0.3) is 17.6 Å². The molecule has 1 atom stereocenters. The molecular weight excluding hydrogens is 382 g/mol. The lowest BCUT2D eigenvalue weighted by molar-refractivity contribution is -0.291. The van der Waals surface area contributed by atoms with Crippen LogP contribution in [0.25, 0.3) is 0 Å². The monoisotopic (exact) mass is 411 g/mol. The van der Waals surface area contributed by atoms with Gasteiger partial charge in [-0.25, -0.2) is 0 Å². The van der Waals surface area contributed by atoms with Crippen molar-refractivity contribution < 1.29 is 23.9 Å². The van der Waals surface area contributed by atoms with Crippen molar-refractivity contribution in [1.29, 1.82) is 0 Å². The molecule has 0 N–H and O–H groups in total. The van der Waals surface area contributed by atoms with Gasteiger partial charge in [0.1, 0.15) is 11.8 Å². The van der Waals surface area contributed by atoms with Crippen molar-refractivity contribution in [2.24, 2.45) is 0 Å². The second kappa shape index (κ2) is 10.8. The van der Waals surface area contributed by atoms with E-state index in [0.717, 1.165) is 5.56 Å². The highest BCUT2D eigenvalue weighted by Gasteiger charge is 2.66. The third kappa shape index (κ3) is 4.83. The van der Waals surface area contributed by atoms with Gasteiger partial charge in [-0.1, -0.05) is 55.5 Å². The first kappa shape index (κ1) is 23.4. The van der Waals surface area contributed by atoms with E-state index in [1.165, 1.54) is 4.90 Å². The van der Waals surface area contributed by atoms with E-state index in [1.54, 1.807) is 45.0 Å². The molecule has 160 valence electrons. The van der Waals surface area contributed by atoms with Gasteiger partial charge in [0.2, 0.25) is 0 Å². The van der Waals surface area contributed by atoms with Crippen LogP contribution in [-0.2, 0) is 19.1 Å². The van der Waals surface area contributed by atoms with Gasteiger partial charge in [-0.05, 0) is 38.5 Å². The quantitative estimate of drug-likeness (QED) is 0.388. The molecule has 0 saturated carbocycles. The molecule has 1 heterocycles. The summed E-state index contributed by atoms with van der Waals surface area (Å²) in [6.07, 6.45) is 0.667. The number of nitrogens with zero attached hydrogens (tertiary/aromatic N) is 1. The normalized spacial score (nSPS) is 16.9. The molecule has 0 aliphatic carbocycles. The highest BCUT2D eigenvalue weighted by atomic mass is 16.7. The maximum atomic E-state index is 12.9. The smallest absolute Gasteiger partial charge is 0.293 e. The number of hydrogen-bond donors (Lipinski definition) is 0. The molecule has 2 aromatic carbocycles. The SMILES string of the molecule is CCC(C)=O.CCOC1(OCC)C(=O)N(C(=O)c2ccccc2)C1c1ccccc1. The summed E-state index contributed by atoms with van der Waals surface area (Å²) in [5.41, 5.74) is 1.26. The van der Waals surface area contributed by atoms with Gasteiger partial charge in [-0.2, -0.15) is 0 Å². The predicted molar refractivity (Wildman–Crippen MR) is 114 cm³/mol. The summed E-state index contributed by atoms with van der Waals surface area (Å²) in [4.78, 5) is 36.9. The van der Waals surface area contributed by atoms with Gasteiger partial charge in [0.15, 0.2) is 0 Å². The summed E-state index contributed by atoms with van der Waals surface area (Å²) in [7, 11) is 0. The lowest BCUT2D eigenvalue weighted by Crippen LogP contribution is -2.72. The Labute approximate surface area is 177 Å². The highest BCUT2D eigenvalue weighted by Crippen LogP contribution is 2.47. The van der Waals surface area contributed by atoms with Gasteiger partial charge < -0.3 is 14.3 Å². The van der Waals surface area contributed by atoms with E-state index in [2.05, 4.69) is 0 Å². The van der Waals surface area contributed by atoms with Crippen LogP contribution in [0.15, 0.2) is 60.7 Å². The van der Waals surface area contributed by atoms with E-state index in [4.69, 9.17) is 9.47 Å². The summed E-state index contributed by atoms with van der Waals surface area (Å²) in [5, 5.41) is 0. The number of benzene rings is 2. The maximum Gasteiger partial charge on any atom is 0.293 e. The Morgan fingerprint density at radius 2 is 1.37 bits per heavy atom. The molecule has 0 bridgehead atoms. The average molecular weight is 411 g/mol. The van der Waals surface area contributed by atoms with Crippen molar-refractivity contribution >= 4 is 17.6 Å². The van der Waals surface area contributed by atoms with Gasteiger partial charge >= 0.3 is 0 Å². The Bertz CT molecular complexity index is 844. The van der Waals surface area contributed by atoms with Crippen LogP contribution in [0, 0.1) is 0 Å². The number of ketones is 1. The largest absolute Gasteiger partial charge is 0.341 e. The number of imide groups is 1. The number of amides is 2. The van der Waals surface area contributed by atoms with E-state index in [-0.39, 0.29) is 11.7 Å². The molecule has 3 rings (SSSR count). The number of ether oxygens (including phenoxy) is 2. The molecule has 1 aliphatic heterocycles. The summed E-state index contributed by atoms with van der Waals surface area (Å²) in [6.45, 7) is 7.66. The summed E-state index contributed by atoms with van der Waals surface area (Å²) in [6, 6.07) is 17.5. The highest BCUT2D eigenvalue weighted by molar-refractivity contribution is 6.11. The van der Waals surface area contributed by atoms with Crippen LogP contribution < -0.4 is 0 Å². The fraction of sp³-hybridized carbons (Fsp3) is 0.375. The van der Waals surface area contributed by atoms with Crippen molar-refractivity contribution in [2.45, 2.75) is 45.9 Å². The topological polar surface area (TPSA) is 72.9 Å². The van der Waals surface area contributed by atoms with Crippen LogP contribution >= 0.6 is 0 Å². The predicted octanol–water partition coefficient (Wildman–Crippen LogP) is 4.17. The first-order valence-corrected chi connectivity index (χ1v) is 10.2. The molecule has 0 radical (unpaired) electrons. The van der Waals surface area contributed by atoms with Crippen LogP contribution in [0.1, 0.15) is 56.1 Å². The first-order valence-electron chi connectivity index (χ1n) is 10.2. The summed E-state index contributed by atoms with van der Waals surface area (Å²) < 4.78 is 11.5. The minimum Gasteiger partial charge on any atom is -0.341 e. The van der Waals surface area contributed by atoms with Crippen molar-refractivity contribution in [3.63, 3.8) is 0 Å². The maximum absolute atomic E-state index is 12.9. The number of likely N-dealkylation sites (tertiary alicyclic amines) is 1. The van der Waals surface area contributed by atoms with Crippen LogP contribution in [0.4, 0.5) is 0 Å². The molecule has 0 aromatic heterocycles. The van der Waals surface area contributed by atoms with Crippen LogP contribution in [0.2, 0.25) is 0 Å². The van der Waals surface area contributed by atoms with Gasteiger partial charge in [0.05, 0.1) is 0 Å². The van der Waals surface area contributed by atoms with Gasteiger partial charge in [-0.3, -0.25) is 14.5 Å². The van der Waals surface area contributed by atoms with Crippen molar-refractivity contribution in [2.75, 3.05) is 13.2 Å². The Hall–Kier alpha value is -2.83. The molecule has 2 amide bonds. The number of Topliss-reactive ketones (excluding diaryl/α,β-unsaturated/α-hetero) is 1. The Balaban J connectivity index is 0.000000575. The second-order valence-electron chi connectivity index (χ2n) is 6.75. The first-order chi connectivity index (χ1) is 14.4. The molecule has 1 saturated heterocycles. The fourth-order valence-electron chi connectivity index (χ4n) is 3.19. The fourth-order valence-corrected chi connectivity index (χ4v) is 3.19. The standard InChI is InChI=1S/C20H21NO4.C4H8O/c1-3-24-20(25-4-2)17(15-11-7-5-8-12-15)21(19(20)23)18(22)16-13-9-6-10-14-16;1-3-4(2)5/h5-14,17H,3-4H2,1-2H3;3H2,1-2H3. The average Bonchev–Trinajstić information content (AvgIpc) is 2.78. The van der Waals surface area contributed by atoms with Crippen molar-refractivity contribution in [3.05, 3.63) is 71.8 Å². The Kier molecular flexibility index (Phi) is 8.45. The molecule has 6 heteroatoms. The van der Waals surface area contributed by atoms with Crippen molar-refractivity contribution in [3.8, 4) is 0 Å². The van der Waals surface area contributed by atoms with E-state index < -0.39 is 17.7 Å². The molecule has 1 aliphatic rings. The minimum atomic E-state index is -1.45. The number of β-lactam (4-membered cyclic amide) rings is 1. The van der Waals surface area contributed by atoms with Gasteiger partial charge in [0, 0.05) is 25.2 Å². The Morgan fingerprint density at radius 3 is 1.80 bits per heavy atom. The van der Waals surface area contributed by atoms with E-state index in [0.29, 0.717) is 25.2 Å². The molecule has 1 fully saturated rings. The number of carbonyl (C=O) groups excluding carboxylic acids is 3. The molecule has 30 heavy (non-hydrogen) atoms. The third-order valence-electron chi connectivity index (χ3n) is 4.71. The zero-order valence-electron chi connectivity index (χ0n) is 18.0. The zero-order chi connectivity index (χ0) is 22.1. The number of carbonyl (C=O) groups is 3. The van der Waals surface area contributed by atoms with E-state index in [9.17, 15) is 14.4 Å². The summed E-state index contributed by atoms with van der Waals surface area (Å²) in [5.74, 6) is -2.01. The van der Waals surface area contributed by atoms with E-state index in [1.807, 2.05) is 43.3 Å². The lowest BCUT2D eigenvalue weighted by atomic mass is 9.85.